The second-order valence-electron chi connectivity index (χ2n) is 7.61. The number of aryl methyl sites for hydroxylation is 4. The smallest absolute Gasteiger partial charge is 0.141 e. The van der Waals surface area contributed by atoms with Gasteiger partial charge in [0.1, 0.15) is 18.2 Å². The van der Waals surface area contributed by atoms with Gasteiger partial charge in [0.05, 0.1) is 17.6 Å². The molecule has 0 aliphatic rings. The fourth-order valence-corrected chi connectivity index (χ4v) is 3.93. The fourth-order valence-electron chi connectivity index (χ4n) is 3.82. The number of para-hydroxylation sites is 2. The summed E-state index contributed by atoms with van der Waals surface area (Å²) in [6, 6.07) is 18.8. The van der Waals surface area contributed by atoms with Crippen molar-refractivity contribution in [2.45, 2.75) is 34.2 Å². The Balaban J connectivity index is 1.66. The fraction of sp³-hybridized carbons (Fsp3) is 0.240. The Morgan fingerprint density at radius 3 is 2.34 bits per heavy atom. The molecule has 0 N–H and O–H groups in total. The first-order chi connectivity index (χ1) is 13.9. The van der Waals surface area contributed by atoms with Crippen molar-refractivity contribution in [2.75, 3.05) is 6.61 Å². The van der Waals surface area contributed by atoms with Crippen molar-refractivity contribution < 1.29 is 4.74 Å². The third-order valence-electron chi connectivity index (χ3n) is 5.27. The highest BCUT2D eigenvalue weighted by Gasteiger charge is 2.14. The summed E-state index contributed by atoms with van der Waals surface area (Å²) < 4.78 is 8.33. The third kappa shape index (κ3) is 3.88. The van der Waals surface area contributed by atoms with Crippen LogP contribution >= 0.6 is 11.6 Å². The molecule has 0 bridgehead atoms. The van der Waals surface area contributed by atoms with Crippen molar-refractivity contribution in [3.8, 4) is 17.1 Å². The van der Waals surface area contributed by atoms with Crippen molar-refractivity contribution in [1.29, 1.82) is 0 Å². The summed E-state index contributed by atoms with van der Waals surface area (Å²) in [5.41, 5.74) is 7.83. The Kier molecular flexibility index (Phi) is 5.33. The van der Waals surface area contributed by atoms with Gasteiger partial charge < -0.3 is 9.30 Å². The predicted octanol–water partition coefficient (Wildman–Crippen LogP) is 6.67. The van der Waals surface area contributed by atoms with Crippen molar-refractivity contribution in [2.24, 2.45) is 0 Å². The average Bonchev–Trinajstić information content (AvgIpc) is 3.04. The van der Waals surface area contributed by atoms with E-state index in [9.17, 15) is 0 Å². The van der Waals surface area contributed by atoms with Crippen LogP contribution in [0.25, 0.3) is 22.4 Å². The minimum atomic E-state index is 0.554. The summed E-state index contributed by atoms with van der Waals surface area (Å²) in [5, 5.41) is 0.801. The maximum Gasteiger partial charge on any atom is 0.141 e. The molecule has 29 heavy (non-hydrogen) atoms. The van der Waals surface area contributed by atoms with E-state index in [-0.39, 0.29) is 0 Å². The number of imidazole rings is 1. The van der Waals surface area contributed by atoms with Crippen LogP contribution in [0, 0.1) is 27.7 Å². The first kappa shape index (κ1) is 19.5. The highest BCUT2D eigenvalue weighted by Crippen LogP contribution is 2.29. The summed E-state index contributed by atoms with van der Waals surface area (Å²) in [7, 11) is 0. The molecule has 0 unspecified atom stereocenters. The normalized spacial score (nSPS) is 11.2. The Labute approximate surface area is 176 Å². The molecule has 0 saturated heterocycles. The molecule has 0 saturated carbocycles. The molecule has 4 rings (SSSR count). The van der Waals surface area contributed by atoms with E-state index < -0.39 is 0 Å². The highest BCUT2D eigenvalue weighted by atomic mass is 35.5. The van der Waals surface area contributed by atoms with E-state index in [1.807, 2.05) is 32.0 Å². The molecule has 0 aliphatic heterocycles. The Morgan fingerprint density at radius 2 is 1.62 bits per heavy atom. The molecule has 0 spiro atoms. The van der Waals surface area contributed by atoms with Gasteiger partial charge in [-0.25, -0.2) is 4.98 Å². The monoisotopic (exact) mass is 404 g/mol. The quantitative estimate of drug-likeness (QED) is 0.371. The lowest BCUT2D eigenvalue weighted by molar-refractivity contribution is 0.300. The predicted molar refractivity (Wildman–Crippen MR) is 121 cm³/mol. The minimum absolute atomic E-state index is 0.554. The van der Waals surface area contributed by atoms with E-state index in [0.717, 1.165) is 44.3 Å². The lowest BCUT2D eigenvalue weighted by Gasteiger charge is -2.14. The van der Waals surface area contributed by atoms with E-state index in [1.54, 1.807) is 0 Å². The largest absolute Gasteiger partial charge is 0.492 e. The number of rotatable bonds is 5. The van der Waals surface area contributed by atoms with E-state index in [0.29, 0.717) is 13.2 Å². The third-order valence-corrected chi connectivity index (χ3v) is 5.87. The lowest BCUT2D eigenvalue weighted by atomic mass is 10.1. The van der Waals surface area contributed by atoms with Gasteiger partial charge in [-0.2, -0.15) is 0 Å². The van der Waals surface area contributed by atoms with Gasteiger partial charge in [-0.3, -0.25) is 0 Å². The Morgan fingerprint density at radius 1 is 0.897 bits per heavy atom. The molecule has 0 aliphatic carbocycles. The van der Waals surface area contributed by atoms with E-state index in [2.05, 4.69) is 54.8 Å². The maximum atomic E-state index is 6.28. The van der Waals surface area contributed by atoms with Crippen LogP contribution in [0.2, 0.25) is 5.02 Å². The lowest BCUT2D eigenvalue weighted by Crippen LogP contribution is -2.10. The van der Waals surface area contributed by atoms with Crippen LogP contribution in [-0.2, 0) is 6.54 Å². The van der Waals surface area contributed by atoms with Crippen LogP contribution < -0.4 is 4.74 Å². The van der Waals surface area contributed by atoms with E-state index in [1.165, 1.54) is 11.1 Å². The van der Waals surface area contributed by atoms with Crippen molar-refractivity contribution >= 4 is 22.6 Å². The van der Waals surface area contributed by atoms with Gasteiger partial charge in [0.2, 0.25) is 0 Å². The number of hydrogen-bond donors (Lipinski definition) is 0. The second kappa shape index (κ2) is 7.92. The van der Waals surface area contributed by atoms with Gasteiger partial charge in [0.25, 0.3) is 0 Å². The summed E-state index contributed by atoms with van der Waals surface area (Å²) in [4.78, 5) is 4.93. The topological polar surface area (TPSA) is 27.1 Å². The molecule has 0 fully saturated rings. The van der Waals surface area contributed by atoms with Gasteiger partial charge in [-0.15, -0.1) is 0 Å². The summed E-state index contributed by atoms with van der Waals surface area (Å²) >= 11 is 6.28. The molecule has 3 aromatic carbocycles. The molecule has 4 heteroatoms. The summed E-state index contributed by atoms with van der Waals surface area (Å²) in [6.07, 6.45) is 0. The number of hydrogen-bond acceptors (Lipinski definition) is 2. The number of nitrogens with zero attached hydrogens (tertiary/aromatic N) is 2. The van der Waals surface area contributed by atoms with Crippen molar-refractivity contribution in [3.05, 3.63) is 81.9 Å². The molecule has 4 aromatic rings. The number of ether oxygens (including phenoxy) is 1. The van der Waals surface area contributed by atoms with Gasteiger partial charge in [0.15, 0.2) is 0 Å². The zero-order chi connectivity index (χ0) is 20.5. The molecule has 0 atom stereocenters. The number of halogens is 1. The molecule has 0 amide bonds. The van der Waals surface area contributed by atoms with Gasteiger partial charge in [0, 0.05) is 10.6 Å². The van der Waals surface area contributed by atoms with Crippen LogP contribution in [0.5, 0.6) is 5.75 Å². The molecule has 3 nitrogen and oxygen atoms in total. The van der Waals surface area contributed by atoms with Crippen LogP contribution in [0.1, 0.15) is 22.3 Å². The zero-order valence-corrected chi connectivity index (χ0v) is 18.0. The molecular weight excluding hydrogens is 380 g/mol. The van der Waals surface area contributed by atoms with E-state index in [4.69, 9.17) is 21.3 Å². The SMILES string of the molecule is Cc1ccc(-c2nc3ccccc3n2CCOc2cc(C)c(Cl)c(C)c2)c(C)c1. The number of fused-ring (bicyclic) bond motifs is 1. The molecule has 1 heterocycles. The number of benzene rings is 3. The van der Waals surface area contributed by atoms with Crippen LogP contribution in [0.3, 0.4) is 0 Å². The first-order valence-corrected chi connectivity index (χ1v) is 10.2. The minimum Gasteiger partial charge on any atom is -0.492 e. The maximum absolute atomic E-state index is 6.28. The van der Waals surface area contributed by atoms with Gasteiger partial charge >= 0.3 is 0 Å². The second-order valence-corrected chi connectivity index (χ2v) is 7.99. The first-order valence-electron chi connectivity index (χ1n) is 9.86. The Hall–Kier alpha value is -2.78. The molecule has 0 radical (unpaired) electrons. The zero-order valence-electron chi connectivity index (χ0n) is 17.3. The summed E-state index contributed by atoms with van der Waals surface area (Å²) in [5.74, 6) is 1.83. The van der Waals surface area contributed by atoms with Crippen LogP contribution in [-0.4, -0.2) is 16.2 Å². The summed E-state index contributed by atoms with van der Waals surface area (Å²) in [6.45, 7) is 9.53. The molecule has 148 valence electrons. The van der Waals surface area contributed by atoms with Crippen LogP contribution in [0.15, 0.2) is 54.6 Å². The number of aromatic nitrogens is 2. The molecule has 1 aromatic heterocycles. The van der Waals surface area contributed by atoms with Crippen molar-refractivity contribution in [1.82, 2.24) is 9.55 Å². The van der Waals surface area contributed by atoms with Gasteiger partial charge in [-0.1, -0.05) is 47.5 Å². The van der Waals surface area contributed by atoms with Crippen molar-refractivity contribution in [3.63, 3.8) is 0 Å². The average molecular weight is 405 g/mol. The van der Waals surface area contributed by atoms with Gasteiger partial charge in [-0.05, 0) is 68.7 Å². The standard InChI is InChI=1S/C25H25ClN2O/c1-16-9-10-21(17(2)13-16)25-27-22-7-5-6-8-23(22)28(25)11-12-29-20-14-18(3)24(26)19(4)15-20/h5-10,13-15H,11-12H2,1-4H3. The molecular formula is C25H25ClN2O. The Bertz CT molecular complexity index is 1170. The highest BCUT2D eigenvalue weighted by molar-refractivity contribution is 6.32. The van der Waals surface area contributed by atoms with Crippen LogP contribution in [0.4, 0.5) is 0 Å². The van der Waals surface area contributed by atoms with E-state index >= 15 is 0 Å².